The lowest BCUT2D eigenvalue weighted by molar-refractivity contribution is 1.19. The van der Waals surface area contributed by atoms with E-state index in [-0.39, 0.29) is 5.56 Å². The first-order valence-corrected chi connectivity index (χ1v) is 5.50. The first-order valence-electron chi connectivity index (χ1n) is 5.50. The van der Waals surface area contributed by atoms with Gasteiger partial charge in [0.05, 0.1) is 11.2 Å². The molecule has 3 rings (SSSR count). The van der Waals surface area contributed by atoms with Gasteiger partial charge in [0.1, 0.15) is 5.82 Å². The van der Waals surface area contributed by atoms with Crippen molar-refractivity contribution in [3.63, 3.8) is 0 Å². The van der Waals surface area contributed by atoms with Crippen LogP contribution in [0.15, 0.2) is 35.1 Å². The van der Waals surface area contributed by atoms with Crippen molar-refractivity contribution in [1.29, 1.82) is 0 Å². The number of aromatic amines is 2. The number of hydrogen-bond donors (Lipinski definition) is 3. The second kappa shape index (κ2) is 3.99. The average molecular weight is 241 g/mol. The molecule has 0 saturated heterocycles. The van der Waals surface area contributed by atoms with Gasteiger partial charge in [0.15, 0.2) is 11.5 Å². The van der Waals surface area contributed by atoms with Gasteiger partial charge in [-0.05, 0) is 18.2 Å². The third kappa shape index (κ3) is 1.73. The Bertz CT molecular complexity index is 758. The number of pyridine rings is 2. The number of rotatable bonds is 2. The minimum absolute atomic E-state index is 0.156. The van der Waals surface area contributed by atoms with Gasteiger partial charge < -0.3 is 15.3 Å². The molecule has 90 valence electrons. The van der Waals surface area contributed by atoms with Crippen molar-refractivity contribution in [3.8, 4) is 11.5 Å². The maximum Gasteiger partial charge on any atom is 0.248 e. The molecule has 0 spiro atoms. The van der Waals surface area contributed by atoms with Crippen LogP contribution < -0.4 is 10.9 Å². The van der Waals surface area contributed by atoms with Crippen molar-refractivity contribution in [3.05, 3.63) is 40.7 Å². The zero-order valence-corrected chi connectivity index (χ0v) is 9.69. The predicted octanol–water partition coefficient (Wildman–Crippen LogP) is 1.35. The minimum Gasteiger partial charge on any atom is -0.373 e. The quantitative estimate of drug-likeness (QED) is 0.632. The van der Waals surface area contributed by atoms with Crippen molar-refractivity contribution < 1.29 is 0 Å². The molecule has 0 aromatic carbocycles. The summed E-state index contributed by atoms with van der Waals surface area (Å²) in [6, 6.07) is 8.69. The van der Waals surface area contributed by atoms with Gasteiger partial charge in [-0.2, -0.15) is 0 Å². The molecule has 0 fully saturated rings. The van der Waals surface area contributed by atoms with E-state index in [1.54, 1.807) is 19.2 Å². The summed E-state index contributed by atoms with van der Waals surface area (Å²) in [5.41, 5.74) is 1.93. The average Bonchev–Trinajstić information content (AvgIpc) is 2.81. The number of imidazole rings is 1. The van der Waals surface area contributed by atoms with Crippen molar-refractivity contribution in [1.82, 2.24) is 19.9 Å². The summed E-state index contributed by atoms with van der Waals surface area (Å²) in [5.74, 6) is 1.35. The lowest BCUT2D eigenvalue weighted by Gasteiger charge is -1.95. The normalized spacial score (nSPS) is 10.7. The van der Waals surface area contributed by atoms with Gasteiger partial charge >= 0.3 is 0 Å². The van der Waals surface area contributed by atoms with Crippen LogP contribution in [-0.4, -0.2) is 27.0 Å². The highest BCUT2D eigenvalue weighted by atomic mass is 16.1. The zero-order valence-electron chi connectivity index (χ0n) is 9.69. The Morgan fingerprint density at radius 1 is 1.11 bits per heavy atom. The first kappa shape index (κ1) is 10.5. The number of anilines is 1. The lowest BCUT2D eigenvalue weighted by atomic mass is 10.3. The Kier molecular flexibility index (Phi) is 2.33. The molecule has 6 nitrogen and oxygen atoms in total. The van der Waals surface area contributed by atoms with Crippen molar-refractivity contribution in [2.45, 2.75) is 0 Å². The standard InChI is InChI=1S/C12H11N5O/c1-13-9-6-5-8-12(16-9)17-11(15-8)7-3-2-4-10(18)14-7/h2-6H,1H3,(H,14,18)(H2,13,15,16,17). The van der Waals surface area contributed by atoms with Gasteiger partial charge in [-0.25, -0.2) is 9.97 Å². The van der Waals surface area contributed by atoms with Gasteiger partial charge in [-0.1, -0.05) is 6.07 Å². The van der Waals surface area contributed by atoms with Gasteiger partial charge in [0.25, 0.3) is 0 Å². The summed E-state index contributed by atoms with van der Waals surface area (Å²) in [5, 5.41) is 2.95. The Morgan fingerprint density at radius 3 is 2.78 bits per heavy atom. The SMILES string of the molecule is CNc1ccc2[nH]c(-c3cccc(=O)[nH]3)nc2n1. The molecular weight excluding hydrogens is 230 g/mol. The molecule has 0 atom stereocenters. The van der Waals surface area contributed by atoms with Crippen molar-refractivity contribution in [2.24, 2.45) is 0 Å². The summed E-state index contributed by atoms with van der Waals surface area (Å²) in [4.78, 5) is 25.8. The topological polar surface area (TPSA) is 86.5 Å². The van der Waals surface area contributed by atoms with Gasteiger partial charge in [-0.3, -0.25) is 4.79 Å². The summed E-state index contributed by atoms with van der Waals surface area (Å²) in [7, 11) is 1.80. The number of aromatic nitrogens is 4. The van der Waals surface area contributed by atoms with E-state index < -0.39 is 0 Å². The number of H-pyrrole nitrogens is 2. The minimum atomic E-state index is -0.156. The fraction of sp³-hybridized carbons (Fsp3) is 0.0833. The van der Waals surface area contributed by atoms with Crippen LogP contribution in [-0.2, 0) is 0 Å². The van der Waals surface area contributed by atoms with Crippen molar-refractivity contribution in [2.75, 3.05) is 12.4 Å². The Morgan fingerprint density at radius 2 is 2.00 bits per heavy atom. The third-order valence-corrected chi connectivity index (χ3v) is 2.63. The van der Waals surface area contributed by atoms with Crippen LogP contribution in [0, 0.1) is 0 Å². The summed E-state index contributed by atoms with van der Waals surface area (Å²) in [6.45, 7) is 0. The largest absolute Gasteiger partial charge is 0.373 e. The van der Waals surface area contributed by atoms with Gasteiger partial charge in [0, 0.05) is 13.1 Å². The van der Waals surface area contributed by atoms with Crippen LogP contribution in [0.25, 0.3) is 22.7 Å². The van der Waals surface area contributed by atoms with Crippen molar-refractivity contribution >= 4 is 17.0 Å². The number of nitrogens with one attached hydrogen (secondary N) is 3. The molecule has 0 radical (unpaired) electrons. The van der Waals surface area contributed by atoms with Crippen LogP contribution in [0.1, 0.15) is 0 Å². The smallest absolute Gasteiger partial charge is 0.248 e. The third-order valence-electron chi connectivity index (χ3n) is 2.63. The van der Waals surface area contributed by atoms with E-state index in [9.17, 15) is 4.79 Å². The van der Waals surface area contributed by atoms with Gasteiger partial charge in [-0.15, -0.1) is 0 Å². The summed E-state index contributed by atoms with van der Waals surface area (Å²) in [6.07, 6.45) is 0. The molecule has 0 saturated carbocycles. The second-order valence-corrected chi connectivity index (χ2v) is 3.83. The van der Waals surface area contributed by atoms with Gasteiger partial charge in [0.2, 0.25) is 5.56 Å². The van der Waals surface area contributed by atoms with E-state index in [1.165, 1.54) is 6.07 Å². The Balaban J connectivity index is 2.16. The van der Waals surface area contributed by atoms with E-state index >= 15 is 0 Å². The first-order chi connectivity index (χ1) is 8.76. The molecule has 3 aromatic rings. The molecule has 0 unspecified atom stereocenters. The molecular formula is C12H11N5O. The van der Waals surface area contributed by atoms with Crippen LogP contribution >= 0.6 is 0 Å². The molecule has 0 aliphatic carbocycles. The summed E-state index contributed by atoms with van der Waals surface area (Å²) >= 11 is 0. The molecule has 0 bridgehead atoms. The molecule has 3 aromatic heterocycles. The molecule has 0 aliphatic rings. The predicted molar refractivity (Wildman–Crippen MR) is 69.5 cm³/mol. The highest BCUT2D eigenvalue weighted by Crippen LogP contribution is 2.17. The van der Waals surface area contributed by atoms with Crippen LogP contribution in [0.5, 0.6) is 0 Å². The fourth-order valence-electron chi connectivity index (χ4n) is 1.75. The zero-order chi connectivity index (χ0) is 12.5. The number of hydrogen-bond acceptors (Lipinski definition) is 4. The van der Waals surface area contributed by atoms with E-state index in [2.05, 4.69) is 25.3 Å². The molecule has 6 heteroatoms. The van der Waals surface area contributed by atoms with E-state index in [4.69, 9.17) is 0 Å². The highest BCUT2D eigenvalue weighted by Gasteiger charge is 2.07. The fourth-order valence-corrected chi connectivity index (χ4v) is 1.75. The van der Waals surface area contributed by atoms with Crippen LogP contribution in [0.4, 0.5) is 5.82 Å². The van der Waals surface area contributed by atoms with E-state index in [0.717, 1.165) is 11.3 Å². The molecule has 0 aliphatic heterocycles. The molecule has 18 heavy (non-hydrogen) atoms. The number of nitrogens with zero attached hydrogens (tertiary/aromatic N) is 2. The van der Waals surface area contributed by atoms with Crippen LogP contribution in [0.3, 0.4) is 0 Å². The highest BCUT2D eigenvalue weighted by molar-refractivity contribution is 5.76. The molecule has 3 heterocycles. The lowest BCUT2D eigenvalue weighted by Crippen LogP contribution is -2.03. The summed E-state index contributed by atoms with van der Waals surface area (Å²) < 4.78 is 0. The maximum atomic E-state index is 11.3. The Labute approximate surface area is 102 Å². The molecule has 0 amide bonds. The van der Waals surface area contributed by atoms with E-state index in [0.29, 0.717) is 17.2 Å². The van der Waals surface area contributed by atoms with E-state index in [1.807, 2.05) is 12.1 Å². The number of fused-ring (bicyclic) bond motifs is 1. The second-order valence-electron chi connectivity index (χ2n) is 3.83. The molecule has 3 N–H and O–H groups in total. The monoisotopic (exact) mass is 241 g/mol. The van der Waals surface area contributed by atoms with Crippen LogP contribution in [0.2, 0.25) is 0 Å². The maximum absolute atomic E-state index is 11.3. The Hall–Kier alpha value is -2.63.